The van der Waals surface area contributed by atoms with Crippen molar-refractivity contribution in [3.63, 3.8) is 0 Å². The molecule has 1 aliphatic heterocycles. The first kappa shape index (κ1) is 13.5. The Morgan fingerprint density at radius 1 is 1.27 bits per heavy atom. The van der Waals surface area contributed by atoms with Crippen LogP contribution in [-0.4, -0.2) is 16.5 Å². The number of hydrogen-bond donors (Lipinski definition) is 2. The molecule has 4 heteroatoms. The van der Waals surface area contributed by atoms with Crippen LogP contribution in [-0.2, 0) is 12.8 Å². The molecule has 0 fully saturated rings. The van der Waals surface area contributed by atoms with Gasteiger partial charge in [-0.15, -0.1) is 0 Å². The quantitative estimate of drug-likeness (QED) is 0.759. The number of H-pyrrole nitrogens is 1. The molecule has 1 unspecified atom stereocenters. The molecule has 0 radical (unpaired) electrons. The van der Waals surface area contributed by atoms with Crippen LogP contribution in [0.5, 0.6) is 0 Å². The van der Waals surface area contributed by atoms with E-state index in [0.717, 1.165) is 41.7 Å². The first-order valence-corrected chi connectivity index (χ1v) is 7.74. The second kappa shape index (κ2) is 5.21. The van der Waals surface area contributed by atoms with Gasteiger partial charge in [-0.1, -0.05) is 13.0 Å². The molecule has 0 amide bonds. The summed E-state index contributed by atoms with van der Waals surface area (Å²) in [5.41, 5.74) is 5.55. The van der Waals surface area contributed by atoms with Crippen molar-refractivity contribution < 1.29 is 4.39 Å². The maximum atomic E-state index is 13.5. The summed E-state index contributed by atoms with van der Waals surface area (Å²) in [5.74, 6) is -0.185. The van der Waals surface area contributed by atoms with Gasteiger partial charge in [0.25, 0.3) is 0 Å². The SMILES string of the molecule is CCc1ccc(C2NCCc3c2[nH]c2ccc(F)cc32)nc1. The van der Waals surface area contributed by atoms with E-state index in [2.05, 4.69) is 34.3 Å². The molecule has 0 spiro atoms. The van der Waals surface area contributed by atoms with Crippen LogP contribution in [0.3, 0.4) is 0 Å². The van der Waals surface area contributed by atoms with Crippen molar-refractivity contribution in [3.8, 4) is 0 Å². The van der Waals surface area contributed by atoms with Gasteiger partial charge in [0.05, 0.1) is 11.7 Å². The summed E-state index contributed by atoms with van der Waals surface area (Å²) in [6, 6.07) is 9.19. The van der Waals surface area contributed by atoms with E-state index < -0.39 is 0 Å². The number of aryl methyl sites for hydroxylation is 1. The molecule has 3 aromatic rings. The van der Waals surface area contributed by atoms with Gasteiger partial charge in [-0.05, 0) is 48.2 Å². The van der Waals surface area contributed by atoms with Gasteiger partial charge in [-0.25, -0.2) is 4.39 Å². The predicted octanol–water partition coefficient (Wildman–Crippen LogP) is 3.50. The average molecular weight is 295 g/mol. The Labute approximate surface area is 128 Å². The summed E-state index contributed by atoms with van der Waals surface area (Å²) in [7, 11) is 0. The van der Waals surface area contributed by atoms with Crippen molar-refractivity contribution in [2.75, 3.05) is 6.54 Å². The van der Waals surface area contributed by atoms with Crippen molar-refractivity contribution in [1.29, 1.82) is 0 Å². The van der Waals surface area contributed by atoms with Crippen LogP contribution in [0.4, 0.5) is 4.39 Å². The highest BCUT2D eigenvalue weighted by atomic mass is 19.1. The lowest BCUT2D eigenvalue weighted by Gasteiger charge is -2.24. The minimum absolute atomic E-state index is 0.0464. The van der Waals surface area contributed by atoms with Gasteiger partial charge in [-0.3, -0.25) is 4.98 Å². The van der Waals surface area contributed by atoms with E-state index in [1.165, 1.54) is 17.2 Å². The van der Waals surface area contributed by atoms with Gasteiger partial charge in [0.2, 0.25) is 0 Å². The summed E-state index contributed by atoms with van der Waals surface area (Å²) < 4.78 is 13.5. The number of rotatable bonds is 2. The summed E-state index contributed by atoms with van der Waals surface area (Å²) in [4.78, 5) is 8.05. The minimum atomic E-state index is -0.185. The van der Waals surface area contributed by atoms with Crippen molar-refractivity contribution in [2.24, 2.45) is 0 Å². The molecule has 1 atom stereocenters. The van der Waals surface area contributed by atoms with Crippen molar-refractivity contribution in [1.82, 2.24) is 15.3 Å². The third-order valence-electron chi connectivity index (χ3n) is 4.46. The second-order valence-corrected chi connectivity index (χ2v) is 5.79. The Bertz CT molecular complexity index is 820. The topological polar surface area (TPSA) is 40.7 Å². The number of benzene rings is 1. The smallest absolute Gasteiger partial charge is 0.123 e. The largest absolute Gasteiger partial charge is 0.357 e. The van der Waals surface area contributed by atoms with Gasteiger partial charge in [0.1, 0.15) is 5.82 Å². The molecule has 112 valence electrons. The van der Waals surface area contributed by atoms with Gasteiger partial charge in [0.15, 0.2) is 0 Å². The molecule has 1 aromatic carbocycles. The Balaban J connectivity index is 1.82. The second-order valence-electron chi connectivity index (χ2n) is 5.79. The highest BCUT2D eigenvalue weighted by molar-refractivity contribution is 5.85. The van der Waals surface area contributed by atoms with Crippen LogP contribution in [0.1, 0.15) is 35.5 Å². The fourth-order valence-electron chi connectivity index (χ4n) is 3.27. The molecule has 0 aliphatic carbocycles. The monoisotopic (exact) mass is 295 g/mol. The van der Waals surface area contributed by atoms with Gasteiger partial charge >= 0.3 is 0 Å². The Morgan fingerprint density at radius 2 is 2.18 bits per heavy atom. The zero-order valence-electron chi connectivity index (χ0n) is 12.5. The van der Waals surface area contributed by atoms with Gasteiger partial charge in [-0.2, -0.15) is 0 Å². The van der Waals surface area contributed by atoms with Crippen LogP contribution < -0.4 is 5.32 Å². The molecule has 4 rings (SSSR count). The molecule has 2 N–H and O–H groups in total. The third-order valence-corrected chi connectivity index (χ3v) is 4.46. The average Bonchev–Trinajstić information content (AvgIpc) is 2.93. The normalized spacial score (nSPS) is 17.6. The standard InChI is InChI=1S/C18H18FN3/c1-2-11-3-5-16(21-10-11)18-17-13(7-8-20-18)14-9-12(19)4-6-15(14)22-17/h3-6,9-10,18,20,22H,2,7-8H2,1H3. The molecule has 1 aliphatic rings. The van der Waals surface area contributed by atoms with Crippen LogP contribution in [0.25, 0.3) is 10.9 Å². The number of nitrogens with one attached hydrogen (secondary N) is 2. The number of halogens is 1. The summed E-state index contributed by atoms with van der Waals surface area (Å²) in [6.45, 7) is 3.00. The third kappa shape index (κ3) is 2.11. The molecule has 22 heavy (non-hydrogen) atoms. The predicted molar refractivity (Wildman–Crippen MR) is 85.4 cm³/mol. The minimum Gasteiger partial charge on any atom is -0.357 e. The molecule has 0 bridgehead atoms. The molecule has 0 saturated heterocycles. The van der Waals surface area contributed by atoms with E-state index in [0.29, 0.717) is 0 Å². The number of pyridine rings is 1. The van der Waals surface area contributed by atoms with E-state index in [-0.39, 0.29) is 11.9 Å². The van der Waals surface area contributed by atoms with E-state index in [4.69, 9.17) is 0 Å². The number of aromatic nitrogens is 2. The first-order valence-electron chi connectivity index (χ1n) is 7.74. The summed E-state index contributed by atoms with van der Waals surface area (Å²) in [6.07, 6.45) is 3.83. The van der Waals surface area contributed by atoms with E-state index in [1.54, 1.807) is 6.07 Å². The van der Waals surface area contributed by atoms with Gasteiger partial charge in [0, 0.05) is 29.3 Å². The number of aromatic amines is 1. The van der Waals surface area contributed by atoms with Crippen molar-refractivity contribution in [3.05, 3.63) is 64.9 Å². The van der Waals surface area contributed by atoms with Crippen molar-refractivity contribution in [2.45, 2.75) is 25.8 Å². The van der Waals surface area contributed by atoms with E-state index in [9.17, 15) is 4.39 Å². The number of fused-ring (bicyclic) bond motifs is 3. The lowest BCUT2D eigenvalue weighted by atomic mass is 9.97. The molecular formula is C18H18FN3. The molecule has 3 heterocycles. The van der Waals surface area contributed by atoms with E-state index >= 15 is 0 Å². The lowest BCUT2D eigenvalue weighted by molar-refractivity contribution is 0.549. The number of hydrogen-bond acceptors (Lipinski definition) is 2. The Kier molecular flexibility index (Phi) is 3.19. The fraction of sp³-hybridized carbons (Fsp3) is 0.278. The summed E-state index contributed by atoms with van der Waals surface area (Å²) >= 11 is 0. The van der Waals surface area contributed by atoms with Crippen molar-refractivity contribution >= 4 is 10.9 Å². The van der Waals surface area contributed by atoms with Crippen LogP contribution in [0.2, 0.25) is 0 Å². The first-order chi connectivity index (χ1) is 10.8. The van der Waals surface area contributed by atoms with Gasteiger partial charge < -0.3 is 10.3 Å². The fourth-order valence-corrected chi connectivity index (χ4v) is 3.27. The van der Waals surface area contributed by atoms with Crippen LogP contribution in [0.15, 0.2) is 36.5 Å². The van der Waals surface area contributed by atoms with Crippen LogP contribution >= 0.6 is 0 Å². The zero-order chi connectivity index (χ0) is 15.1. The molecular weight excluding hydrogens is 277 g/mol. The molecule has 2 aromatic heterocycles. The lowest BCUT2D eigenvalue weighted by Crippen LogP contribution is -2.31. The highest BCUT2D eigenvalue weighted by Crippen LogP contribution is 2.33. The molecule has 3 nitrogen and oxygen atoms in total. The maximum absolute atomic E-state index is 13.5. The van der Waals surface area contributed by atoms with E-state index in [1.807, 2.05) is 12.3 Å². The number of nitrogens with zero attached hydrogens (tertiary/aromatic N) is 1. The zero-order valence-corrected chi connectivity index (χ0v) is 12.5. The Hall–Kier alpha value is -2.20. The van der Waals surface area contributed by atoms with Crippen LogP contribution in [0, 0.1) is 5.82 Å². The summed E-state index contributed by atoms with van der Waals surface area (Å²) in [5, 5.41) is 4.51. The maximum Gasteiger partial charge on any atom is 0.123 e. The molecule has 0 saturated carbocycles. The Morgan fingerprint density at radius 3 is 2.95 bits per heavy atom. The highest BCUT2D eigenvalue weighted by Gasteiger charge is 2.26.